The summed E-state index contributed by atoms with van der Waals surface area (Å²) in [6, 6.07) is 7.56. The maximum atomic E-state index is 11.3. The summed E-state index contributed by atoms with van der Waals surface area (Å²) in [5.74, 6) is 1.40. The number of ether oxygens (including phenoxy) is 2. The lowest BCUT2D eigenvalue weighted by atomic mass is 10.3. The first-order chi connectivity index (χ1) is 10.6. The minimum atomic E-state index is -0.261. The van der Waals surface area contributed by atoms with Gasteiger partial charge in [-0.05, 0) is 31.2 Å². The number of nitrogens with zero attached hydrogens (tertiary/aromatic N) is 3. The lowest BCUT2D eigenvalue weighted by molar-refractivity contribution is -0.139. The predicted octanol–water partition coefficient (Wildman–Crippen LogP) is 2.81. The monoisotopic (exact) mass is 385 g/mol. The summed E-state index contributed by atoms with van der Waals surface area (Å²) in [5, 5.41) is 8.79. The van der Waals surface area contributed by atoms with E-state index in [2.05, 4.69) is 26.1 Å². The van der Waals surface area contributed by atoms with Crippen molar-refractivity contribution in [3.8, 4) is 5.75 Å². The molecule has 0 spiro atoms. The molecule has 1 heterocycles. The third-order valence-electron chi connectivity index (χ3n) is 2.73. The van der Waals surface area contributed by atoms with E-state index >= 15 is 0 Å². The highest BCUT2D eigenvalue weighted by molar-refractivity contribution is 9.10. The number of benzene rings is 1. The van der Waals surface area contributed by atoms with Crippen LogP contribution in [-0.4, -0.2) is 33.1 Å². The molecule has 118 valence electrons. The minimum Gasteiger partial charge on any atom is -0.486 e. The Kier molecular flexibility index (Phi) is 6.26. The van der Waals surface area contributed by atoms with Crippen molar-refractivity contribution in [2.24, 2.45) is 7.05 Å². The molecule has 2 rings (SSSR count). The Morgan fingerprint density at radius 3 is 2.73 bits per heavy atom. The van der Waals surface area contributed by atoms with E-state index < -0.39 is 0 Å². The second kappa shape index (κ2) is 8.19. The quantitative estimate of drug-likeness (QED) is 0.539. The molecule has 0 aliphatic heterocycles. The van der Waals surface area contributed by atoms with Crippen LogP contribution in [0.15, 0.2) is 33.9 Å². The van der Waals surface area contributed by atoms with Gasteiger partial charge in [0.25, 0.3) is 0 Å². The number of carbonyl (C=O) groups excluding carboxylic acids is 1. The third kappa shape index (κ3) is 4.74. The smallest absolute Gasteiger partial charge is 0.316 e. The molecule has 6 nitrogen and oxygen atoms in total. The Labute approximate surface area is 141 Å². The summed E-state index contributed by atoms with van der Waals surface area (Å²) in [4.78, 5) is 11.3. The van der Waals surface area contributed by atoms with Crippen molar-refractivity contribution in [3.05, 3.63) is 34.6 Å². The fourth-order valence-electron chi connectivity index (χ4n) is 1.60. The second-order valence-corrected chi connectivity index (χ2v) is 6.15. The topological polar surface area (TPSA) is 66.2 Å². The Bertz CT molecular complexity index is 631. The number of halogens is 1. The van der Waals surface area contributed by atoms with Gasteiger partial charge in [0.1, 0.15) is 12.4 Å². The zero-order valence-corrected chi connectivity index (χ0v) is 14.7. The van der Waals surface area contributed by atoms with Crippen LogP contribution in [0.4, 0.5) is 0 Å². The minimum absolute atomic E-state index is 0.216. The van der Waals surface area contributed by atoms with E-state index in [0.717, 1.165) is 10.2 Å². The molecule has 0 amide bonds. The molecule has 0 fully saturated rings. The van der Waals surface area contributed by atoms with E-state index in [1.165, 1.54) is 11.8 Å². The van der Waals surface area contributed by atoms with Gasteiger partial charge in [-0.25, -0.2) is 0 Å². The number of esters is 1. The zero-order valence-electron chi connectivity index (χ0n) is 12.3. The average molecular weight is 386 g/mol. The molecule has 0 aliphatic carbocycles. The van der Waals surface area contributed by atoms with E-state index in [-0.39, 0.29) is 11.7 Å². The highest BCUT2D eigenvalue weighted by Crippen LogP contribution is 2.19. The van der Waals surface area contributed by atoms with Gasteiger partial charge in [-0.3, -0.25) is 4.79 Å². The van der Waals surface area contributed by atoms with Crippen LogP contribution in [0.3, 0.4) is 0 Å². The number of hydrogen-bond donors (Lipinski definition) is 0. The van der Waals surface area contributed by atoms with Crippen LogP contribution in [-0.2, 0) is 23.2 Å². The first-order valence-corrected chi connectivity index (χ1v) is 8.43. The van der Waals surface area contributed by atoms with Gasteiger partial charge in [-0.1, -0.05) is 27.7 Å². The SMILES string of the molecule is CCOC(=O)CSc1nnc(COc2ccc(Br)cc2)n1C. The van der Waals surface area contributed by atoms with Gasteiger partial charge in [0.15, 0.2) is 11.0 Å². The van der Waals surface area contributed by atoms with Crippen LogP contribution in [0.5, 0.6) is 5.75 Å². The van der Waals surface area contributed by atoms with Crippen molar-refractivity contribution >= 4 is 33.7 Å². The Balaban J connectivity index is 1.90. The van der Waals surface area contributed by atoms with Crippen molar-refractivity contribution in [1.29, 1.82) is 0 Å². The van der Waals surface area contributed by atoms with Gasteiger partial charge in [0, 0.05) is 11.5 Å². The maximum absolute atomic E-state index is 11.3. The molecule has 0 saturated heterocycles. The summed E-state index contributed by atoms with van der Waals surface area (Å²) in [6.45, 7) is 2.47. The molecule has 8 heteroatoms. The van der Waals surface area contributed by atoms with Gasteiger partial charge >= 0.3 is 5.97 Å². The van der Waals surface area contributed by atoms with Crippen LogP contribution >= 0.6 is 27.7 Å². The molecule has 0 atom stereocenters. The number of thioether (sulfide) groups is 1. The van der Waals surface area contributed by atoms with Crippen LogP contribution in [0.2, 0.25) is 0 Å². The lowest BCUT2D eigenvalue weighted by Gasteiger charge is -2.06. The van der Waals surface area contributed by atoms with Crippen molar-refractivity contribution in [2.75, 3.05) is 12.4 Å². The summed E-state index contributed by atoms with van der Waals surface area (Å²) >= 11 is 4.67. The van der Waals surface area contributed by atoms with Crippen molar-refractivity contribution in [2.45, 2.75) is 18.7 Å². The molecule has 1 aromatic carbocycles. The van der Waals surface area contributed by atoms with Gasteiger partial charge < -0.3 is 14.0 Å². The van der Waals surface area contributed by atoms with Crippen molar-refractivity contribution in [3.63, 3.8) is 0 Å². The highest BCUT2D eigenvalue weighted by Gasteiger charge is 2.12. The van der Waals surface area contributed by atoms with Gasteiger partial charge in [0.05, 0.1) is 12.4 Å². The molecule has 2 aromatic rings. The molecular weight excluding hydrogens is 370 g/mol. The summed E-state index contributed by atoms with van der Waals surface area (Å²) in [5.41, 5.74) is 0. The second-order valence-electron chi connectivity index (χ2n) is 4.29. The summed E-state index contributed by atoms with van der Waals surface area (Å²) in [7, 11) is 1.84. The number of rotatable bonds is 7. The molecule has 0 bridgehead atoms. The summed E-state index contributed by atoms with van der Waals surface area (Å²) in [6.07, 6.45) is 0. The lowest BCUT2D eigenvalue weighted by Crippen LogP contribution is -2.08. The molecule has 0 N–H and O–H groups in total. The van der Waals surface area contributed by atoms with Gasteiger partial charge in [-0.2, -0.15) is 0 Å². The van der Waals surface area contributed by atoms with Crippen LogP contribution in [0.25, 0.3) is 0 Å². The average Bonchev–Trinajstić information content (AvgIpc) is 2.85. The van der Waals surface area contributed by atoms with E-state index in [0.29, 0.717) is 24.2 Å². The molecule has 0 radical (unpaired) electrons. The number of hydrogen-bond acceptors (Lipinski definition) is 6. The van der Waals surface area contributed by atoms with Gasteiger partial charge in [0.2, 0.25) is 0 Å². The van der Waals surface area contributed by atoms with E-state index in [1.54, 1.807) is 6.92 Å². The molecule has 0 unspecified atom stereocenters. The van der Waals surface area contributed by atoms with Crippen molar-refractivity contribution in [1.82, 2.24) is 14.8 Å². The predicted molar refractivity (Wildman–Crippen MR) is 86.8 cm³/mol. The highest BCUT2D eigenvalue weighted by atomic mass is 79.9. The fourth-order valence-corrected chi connectivity index (χ4v) is 2.59. The van der Waals surface area contributed by atoms with E-state index in [4.69, 9.17) is 9.47 Å². The Hall–Kier alpha value is -1.54. The first kappa shape index (κ1) is 16.8. The van der Waals surface area contributed by atoms with Crippen LogP contribution in [0, 0.1) is 0 Å². The fraction of sp³-hybridized carbons (Fsp3) is 0.357. The standard InChI is InChI=1S/C14H16BrN3O3S/c1-3-20-13(19)9-22-14-17-16-12(18(14)2)8-21-11-6-4-10(15)5-7-11/h4-7H,3,8-9H2,1-2H3. The van der Waals surface area contributed by atoms with E-state index in [1.807, 2.05) is 35.9 Å². The van der Waals surface area contributed by atoms with Crippen molar-refractivity contribution < 1.29 is 14.3 Å². The molecular formula is C14H16BrN3O3S. The normalized spacial score (nSPS) is 10.5. The largest absolute Gasteiger partial charge is 0.486 e. The zero-order chi connectivity index (χ0) is 15.9. The summed E-state index contributed by atoms with van der Waals surface area (Å²) < 4.78 is 13.3. The molecule has 1 aromatic heterocycles. The molecule has 0 saturated carbocycles. The third-order valence-corrected chi connectivity index (χ3v) is 4.25. The van der Waals surface area contributed by atoms with Crippen LogP contribution in [0.1, 0.15) is 12.7 Å². The number of carbonyl (C=O) groups is 1. The number of aromatic nitrogens is 3. The van der Waals surface area contributed by atoms with E-state index in [9.17, 15) is 4.79 Å². The Morgan fingerprint density at radius 1 is 1.32 bits per heavy atom. The molecule has 0 aliphatic rings. The molecule has 22 heavy (non-hydrogen) atoms. The first-order valence-electron chi connectivity index (χ1n) is 6.65. The van der Waals surface area contributed by atoms with Gasteiger partial charge in [-0.15, -0.1) is 10.2 Å². The maximum Gasteiger partial charge on any atom is 0.316 e. The van der Waals surface area contributed by atoms with Crippen LogP contribution < -0.4 is 4.74 Å². The Morgan fingerprint density at radius 2 is 2.05 bits per heavy atom.